The fourth-order valence-electron chi connectivity index (χ4n) is 3.72. The lowest BCUT2D eigenvalue weighted by Crippen LogP contribution is -2.07. The van der Waals surface area contributed by atoms with Crippen LogP contribution in [0.2, 0.25) is 0 Å². The van der Waals surface area contributed by atoms with Crippen molar-refractivity contribution in [1.82, 2.24) is 14.5 Å². The third-order valence-corrected chi connectivity index (χ3v) is 5.19. The molecule has 4 aromatic rings. The van der Waals surface area contributed by atoms with Gasteiger partial charge in [0.15, 0.2) is 5.65 Å². The van der Waals surface area contributed by atoms with E-state index in [1.807, 2.05) is 60.9 Å². The molecule has 2 heterocycles. The largest absolute Gasteiger partial charge is 0.478 e. The number of aromatic nitrogens is 3. The van der Waals surface area contributed by atoms with Gasteiger partial charge in [-0.05, 0) is 54.7 Å². The van der Waals surface area contributed by atoms with Crippen LogP contribution < -0.4 is 4.74 Å². The minimum atomic E-state index is -0.931. The molecule has 0 aliphatic rings. The Labute approximate surface area is 181 Å². The van der Waals surface area contributed by atoms with E-state index < -0.39 is 5.97 Å². The molecule has 0 radical (unpaired) electrons. The van der Waals surface area contributed by atoms with E-state index in [2.05, 4.69) is 6.92 Å². The van der Waals surface area contributed by atoms with Gasteiger partial charge in [-0.1, -0.05) is 49.4 Å². The first-order valence-corrected chi connectivity index (χ1v) is 10.4. The van der Waals surface area contributed by atoms with Crippen LogP contribution in [0.5, 0.6) is 6.01 Å². The first-order valence-electron chi connectivity index (χ1n) is 10.4. The first kappa shape index (κ1) is 20.6. The van der Waals surface area contributed by atoms with Crippen LogP contribution in [0.4, 0.5) is 0 Å². The van der Waals surface area contributed by atoms with Crippen molar-refractivity contribution in [3.05, 3.63) is 77.0 Å². The monoisotopic (exact) mass is 415 g/mol. The summed E-state index contributed by atoms with van der Waals surface area (Å²) in [6.07, 6.45) is 0.895. The summed E-state index contributed by atoms with van der Waals surface area (Å²) in [6, 6.07) is 17.5. The highest BCUT2D eigenvalue weighted by atomic mass is 16.5. The van der Waals surface area contributed by atoms with E-state index in [0.29, 0.717) is 30.3 Å². The van der Waals surface area contributed by atoms with Gasteiger partial charge in [0.1, 0.15) is 5.52 Å². The zero-order valence-electron chi connectivity index (χ0n) is 17.9. The van der Waals surface area contributed by atoms with E-state index in [9.17, 15) is 9.90 Å². The highest BCUT2D eigenvalue weighted by molar-refractivity contribution is 5.96. The number of nitrogens with zero attached hydrogens (tertiary/aromatic N) is 3. The summed E-state index contributed by atoms with van der Waals surface area (Å²) in [7, 11) is 0. The number of pyridine rings is 1. The van der Waals surface area contributed by atoms with E-state index in [1.165, 1.54) is 0 Å². The number of hydrogen-bond acceptors (Lipinski definition) is 4. The molecule has 2 aromatic heterocycles. The Balaban J connectivity index is 1.70. The van der Waals surface area contributed by atoms with Crippen molar-refractivity contribution in [3.8, 4) is 17.1 Å². The Hall–Kier alpha value is -3.67. The van der Waals surface area contributed by atoms with Crippen molar-refractivity contribution in [1.29, 1.82) is 0 Å². The van der Waals surface area contributed by atoms with Gasteiger partial charge in [-0.3, -0.25) is 4.57 Å². The molecule has 0 unspecified atom stereocenters. The average Bonchev–Trinajstić information content (AvgIpc) is 3.10. The quantitative estimate of drug-likeness (QED) is 0.446. The van der Waals surface area contributed by atoms with Gasteiger partial charge in [-0.2, -0.15) is 4.98 Å². The van der Waals surface area contributed by atoms with Gasteiger partial charge < -0.3 is 9.84 Å². The van der Waals surface area contributed by atoms with Crippen LogP contribution in [-0.2, 0) is 6.54 Å². The van der Waals surface area contributed by atoms with Crippen molar-refractivity contribution in [2.45, 2.75) is 33.7 Å². The summed E-state index contributed by atoms with van der Waals surface area (Å²) in [5.74, 6) is -0.931. The number of aromatic carboxylic acids is 1. The molecule has 0 aliphatic heterocycles. The molecule has 0 bridgehead atoms. The first-order chi connectivity index (χ1) is 15.0. The van der Waals surface area contributed by atoms with Crippen LogP contribution in [0, 0.1) is 13.8 Å². The lowest BCUT2D eigenvalue weighted by atomic mass is 9.99. The molecule has 0 atom stereocenters. The number of carboxylic acids is 1. The molecule has 4 rings (SSSR count). The van der Waals surface area contributed by atoms with Gasteiger partial charge in [0.25, 0.3) is 6.01 Å². The number of rotatable bonds is 7. The maximum Gasteiger partial charge on any atom is 0.336 e. The van der Waals surface area contributed by atoms with Gasteiger partial charge in [0, 0.05) is 5.69 Å². The predicted molar refractivity (Wildman–Crippen MR) is 121 cm³/mol. The van der Waals surface area contributed by atoms with Crippen molar-refractivity contribution in [3.63, 3.8) is 0 Å². The van der Waals surface area contributed by atoms with Crippen LogP contribution in [0.1, 0.15) is 40.5 Å². The molecular weight excluding hydrogens is 390 g/mol. The Kier molecular flexibility index (Phi) is 5.71. The van der Waals surface area contributed by atoms with Gasteiger partial charge in [-0.25, -0.2) is 9.78 Å². The second kappa shape index (κ2) is 8.60. The number of fused-ring (bicyclic) bond motifs is 1. The Morgan fingerprint density at radius 3 is 2.52 bits per heavy atom. The molecule has 0 saturated carbocycles. The maximum absolute atomic E-state index is 11.5. The SMILES string of the molecule is CCCOc1nc2c(C)cc(C)nc2n1Cc1ccc(-c2ccccc2C(=O)O)cc1. The minimum Gasteiger partial charge on any atom is -0.478 e. The Morgan fingerprint density at radius 2 is 1.81 bits per heavy atom. The third kappa shape index (κ3) is 4.14. The minimum absolute atomic E-state index is 0.293. The van der Waals surface area contributed by atoms with Crippen LogP contribution in [0.15, 0.2) is 54.6 Å². The van der Waals surface area contributed by atoms with E-state index in [1.54, 1.807) is 12.1 Å². The predicted octanol–water partition coefficient (Wildman–Crippen LogP) is 5.25. The molecule has 0 aliphatic carbocycles. The van der Waals surface area contributed by atoms with Gasteiger partial charge in [-0.15, -0.1) is 0 Å². The van der Waals surface area contributed by atoms with Gasteiger partial charge >= 0.3 is 5.97 Å². The average molecular weight is 415 g/mol. The summed E-state index contributed by atoms with van der Waals surface area (Å²) >= 11 is 0. The van der Waals surface area contributed by atoms with E-state index in [0.717, 1.165) is 40.0 Å². The van der Waals surface area contributed by atoms with Crippen LogP contribution in [-0.4, -0.2) is 32.2 Å². The fourth-order valence-corrected chi connectivity index (χ4v) is 3.72. The van der Waals surface area contributed by atoms with Gasteiger partial charge in [0.05, 0.1) is 18.7 Å². The molecule has 6 nitrogen and oxygen atoms in total. The number of aryl methyl sites for hydroxylation is 2. The zero-order chi connectivity index (χ0) is 22.0. The molecule has 31 heavy (non-hydrogen) atoms. The summed E-state index contributed by atoms with van der Waals surface area (Å²) in [5, 5.41) is 9.47. The highest BCUT2D eigenvalue weighted by Gasteiger charge is 2.16. The smallest absolute Gasteiger partial charge is 0.336 e. The molecule has 2 aromatic carbocycles. The molecule has 0 fully saturated rings. The number of hydrogen-bond donors (Lipinski definition) is 1. The van der Waals surface area contributed by atoms with Crippen molar-refractivity contribution in [2.24, 2.45) is 0 Å². The topological polar surface area (TPSA) is 77.2 Å². The molecular formula is C25H25N3O3. The standard InChI is InChI=1S/C25H25N3O3/c1-4-13-31-25-27-22-16(2)14-17(3)26-23(22)28(25)15-18-9-11-19(12-10-18)20-7-5-6-8-21(20)24(29)30/h5-12,14H,4,13,15H2,1-3H3,(H,29,30). The van der Waals surface area contributed by atoms with Crippen LogP contribution in [0.25, 0.3) is 22.3 Å². The third-order valence-electron chi connectivity index (χ3n) is 5.19. The zero-order valence-corrected chi connectivity index (χ0v) is 17.9. The van der Waals surface area contributed by atoms with E-state index in [4.69, 9.17) is 14.7 Å². The summed E-state index contributed by atoms with van der Waals surface area (Å²) in [5.41, 5.74) is 6.59. The number of benzene rings is 2. The van der Waals surface area contributed by atoms with Crippen LogP contribution in [0.3, 0.4) is 0 Å². The van der Waals surface area contributed by atoms with E-state index >= 15 is 0 Å². The fraction of sp³-hybridized carbons (Fsp3) is 0.240. The highest BCUT2D eigenvalue weighted by Crippen LogP contribution is 2.27. The summed E-state index contributed by atoms with van der Waals surface area (Å²) < 4.78 is 7.93. The lowest BCUT2D eigenvalue weighted by Gasteiger charge is -2.11. The Bertz CT molecular complexity index is 1240. The number of carbonyl (C=O) groups is 1. The van der Waals surface area contributed by atoms with Crippen LogP contribution >= 0.6 is 0 Å². The normalized spacial score (nSPS) is 11.1. The summed E-state index contributed by atoms with van der Waals surface area (Å²) in [6.45, 7) is 7.23. The van der Waals surface area contributed by atoms with Crippen molar-refractivity contribution < 1.29 is 14.6 Å². The van der Waals surface area contributed by atoms with Crippen molar-refractivity contribution >= 4 is 17.1 Å². The molecule has 0 saturated heterocycles. The maximum atomic E-state index is 11.5. The molecule has 158 valence electrons. The van der Waals surface area contributed by atoms with E-state index in [-0.39, 0.29) is 0 Å². The summed E-state index contributed by atoms with van der Waals surface area (Å²) in [4.78, 5) is 21.0. The lowest BCUT2D eigenvalue weighted by molar-refractivity contribution is 0.0697. The number of ether oxygens (including phenoxy) is 1. The van der Waals surface area contributed by atoms with Gasteiger partial charge in [0.2, 0.25) is 0 Å². The number of carboxylic acid groups (broad SMARTS) is 1. The van der Waals surface area contributed by atoms with Crippen molar-refractivity contribution in [2.75, 3.05) is 6.61 Å². The molecule has 6 heteroatoms. The Morgan fingerprint density at radius 1 is 1.06 bits per heavy atom. The molecule has 0 spiro atoms. The second-order valence-electron chi connectivity index (χ2n) is 7.63. The molecule has 1 N–H and O–H groups in total. The number of imidazole rings is 1. The second-order valence-corrected chi connectivity index (χ2v) is 7.63. The molecule has 0 amide bonds.